The summed E-state index contributed by atoms with van der Waals surface area (Å²) in [5, 5.41) is 20.2. The van der Waals surface area contributed by atoms with E-state index < -0.39 is 12.2 Å². The lowest BCUT2D eigenvalue weighted by atomic mass is 10.1. The molecule has 100 valence electrons. The quantitative estimate of drug-likeness (QED) is 0.874. The molecule has 7 heteroatoms. The molecule has 0 aliphatic carbocycles. The summed E-state index contributed by atoms with van der Waals surface area (Å²) < 4.78 is 0. The molecule has 2 atom stereocenters. The molecule has 1 heterocycles. The second kappa shape index (κ2) is 7.31. The number of thioether (sulfide) groups is 1. The maximum Gasteiger partial charge on any atom is 0.185 e. The largest absolute Gasteiger partial charge is 0.390 e. The van der Waals surface area contributed by atoms with Crippen molar-refractivity contribution in [1.29, 1.82) is 0 Å². The van der Waals surface area contributed by atoms with E-state index in [0.29, 0.717) is 10.8 Å². The molecule has 0 bridgehead atoms. The zero-order valence-electron chi connectivity index (χ0n) is 9.64. The maximum atomic E-state index is 10.7. The van der Waals surface area contributed by atoms with E-state index in [1.54, 1.807) is 0 Å². The van der Waals surface area contributed by atoms with Crippen LogP contribution >= 0.6 is 35.0 Å². The summed E-state index contributed by atoms with van der Waals surface area (Å²) in [7, 11) is 0. The molecule has 0 amide bonds. The van der Waals surface area contributed by atoms with Gasteiger partial charge in [-0.1, -0.05) is 35.0 Å². The first-order valence-corrected chi connectivity index (χ1v) is 6.96. The first-order chi connectivity index (χ1) is 8.41. The van der Waals surface area contributed by atoms with Crippen LogP contribution in [-0.2, 0) is 4.79 Å². The van der Waals surface area contributed by atoms with Crippen LogP contribution in [0.15, 0.2) is 12.3 Å². The number of hydrogen-bond donors (Lipinski definition) is 2. The summed E-state index contributed by atoms with van der Waals surface area (Å²) in [5.41, 5.74) is 0.182. The highest BCUT2D eigenvalue weighted by Crippen LogP contribution is 2.27. The van der Waals surface area contributed by atoms with Crippen molar-refractivity contribution >= 4 is 40.1 Å². The fraction of sp³-hybridized carbons (Fsp3) is 0.455. The van der Waals surface area contributed by atoms with Crippen LogP contribution in [0.4, 0.5) is 0 Å². The topological polar surface area (TPSA) is 70.4 Å². The van der Waals surface area contributed by atoms with Gasteiger partial charge in [0.25, 0.3) is 0 Å². The number of pyridine rings is 1. The van der Waals surface area contributed by atoms with Gasteiger partial charge in [-0.2, -0.15) is 0 Å². The minimum Gasteiger partial charge on any atom is -0.390 e. The van der Waals surface area contributed by atoms with Crippen LogP contribution in [-0.4, -0.2) is 32.2 Å². The zero-order chi connectivity index (χ0) is 13.7. The van der Waals surface area contributed by atoms with E-state index in [0.717, 1.165) is 11.8 Å². The van der Waals surface area contributed by atoms with Crippen molar-refractivity contribution in [3.63, 3.8) is 0 Å². The van der Waals surface area contributed by atoms with Crippen LogP contribution in [0.3, 0.4) is 0 Å². The summed E-state index contributed by atoms with van der Waals surface area (Å²) in [6.45, 7) is 1.45. The maximum absolute atomic E-state index is 10.7. The minimum atomic E-state index is -1.19. The number of carbonyl (C=O) groups is 1. The Kier molecular flexibility index (Phi) is 6.38. The normalized spacial score (nSPS) is 14.3. The summed E-state index contributed by atoms with van der Waals surface area (Å²) in [4.78, 5) is 14.6. The molecule has 0 saturated carbocycles. The van der Waals surface area contributed by atoms with E-state index >= 15 is 0 Å². The molecule has 0 radical (unpaired) electrons. The molecule has 0 spiro atoms. The molecule has 0 saturated heterocycles. The lowest BCUT2D eigenvalue weighted by molar-refractivity contribution is -0.109. The minimum absolute atomic E-state index is 0.0284. The van der Waals surface area contributed by atoms with Crippen molar-refractivity contribution in [3.05, 3.63) is 28.0 Å². The Bertz CT molecular complexity index is 431. The highest BCUT2D eigenvalue weighted by Gasteiger charge is 2.22. The third-order valence-corrected chi connectivity index (χ3v) is 3.56. The van der Waals surface area contributed by atoms with Crippen LogP contribution in [0.25, 0.3) is 0 Å². The number of aliphatic hydroxyl groups excluding tert-OH is 2. The molecule has 4 nitrogen and oxygen atoms in total. The Morgan fingerprint density at radius 1 is 1.50 bits per heavy atom. The molecule has 18 heavy (non-hydrogen) atoms. The molecule has 1 rings (SSSR count). The number of rotatable bonds is 5. The van der Waals surface area contributed by atoms with Gasteiger partial charge in [-0.25, -0.2) is 0 Å². The van der Waals surface area contributed by atoms with Gasteiger partial charge < -0.3 is 10.2 Å². The Hall–Kier alpha value is -0.330. The number of aliphatic hydroxyl groups is 2. The highest BCUT2D eigenvalue weighted by atomic mass is 35.5. The van der Waals surface area contributed by atoms with E-state index in [-0.39, 0.29) is 22.3 Å². The van der Waals surface area contributed by atoms with E-state index in [2.05, 4.69) is 4.98 Å². The summed E-state index contributed by atoms with van der Waals surface area (Å²) >= 11 is 12.7. The van der Waals surface area contributed by atoms with Gasteiger partial charge in [0.15, 0.2) is 5.12 Å². The number of nitrogens with zero attached hydrogens (tertiary/aromatic N) is 1. The molecule has 0 aliphatic heterocycles. The average molecular weight is 310 g/mol. The SMILES string of the molecule is CC(=O)SCCC(O)C(O)c1ncc(Cl)cc1Cl. The van der Waals surface area contributed by atoms with Gasteiger partial charge in [0, 0.05) is 18.9 Å². The summed E-state index contributed by atoms with van der Waals surface area (Å²) in [5.74, 6) is 0.429. The third-order valence-electron chi connectivity index (χ3n) is 2.20. The lowest BCUT2D eigenvalue weighted by Gasteiger charge is -2.17. The van der Waals surface area contributed by atoms with Crippen molar-refractivity contribution in [3.8, 4) is 0 Å². The Morgan fingerprint density at radius 2 is 2.17 bits per heavy atom. The Morgan fingerprint density at radius 3 is 2.72 bits per heavy atom. The number of aromatic nitrogens is 1. The molecule has 2 N–H and O–H groups in total. The second-order valence-corrected chi connectivity index (χ2v) is 5.78. The number of hydrogen-bond acceptors (Lipinski definition) is 5. The first-order valence-electron chi connectivity index (χ1n) is 5.22. The van der Waals surface area contributed by atoms with Gasteiger partial charge in [0.05, 0.1) is 21.8 Å². The van der Waals surface area contributed by atoms with Gasteiger partial charge in [0.2, 0.25) is 0 Å². The number of carbonyl (C=O) groups excluding carboxylic acids is 1. The molecular weight excluding hydrogens is 297 g/mol. The predicted molar refractivity (Wildman–Crippen MR) is 73.0 cm³/mol. The van der Waals surface area contributed by atoms with Crippen LogP contribution in [0.2, 0.25) is 10.0 Å². The van der Waals surface area contributed by atoms with Crippen LogP contribution in [0.1, 0.15) is 25.1 Å². The van der Waals surface area contributed by atoms with Crippen LogP contribution in [0, 0.1) is 0 Å². The van der Waals surface area contributed by atoms with Crippen molar-refractivity contribution < 1.29 is 15.0 Å². The fourth-order valence-corrected chi connectivity index (χ4v) is 2.44. The van der Waals surface area contributed by atoms with Crippen molar-refractivity contribution in [2.24, 2.45) is 0 Å². The first kappa shape index (κ1) is 15.7. The molecule has 2 unspecified atom stereocenters. The second-order valence-electron chi connectivity index (χ2n) is 3.66. The molecule has 1 aromatic heterocycles. The fourth-order valence-electron chi connectivity index (χ4n) is 1.31. The molecule has 0 fully saturated rings. The lowest BCUT2D eigenvalue weighted by Crippen LogP contribution is -2.20. The van der Waals surface area contributed by atoms with Gasteiger partial charge in [-0.3, -0.25) is 9.78 Å². The summed E-state index contributed by atoms with van der Waals surface area (Å²) in [6, 6.07) is 1.45. The molecule has 0 aliphatic rings. The van der Waals surface area contributed by atoms with Crippen LogP contribution < -0.4 is 0 Å². The highest BCUT2D eigenvalue weighted by molar-refractivity contribution is 8.13. The van der Waals surface area contributed by atoms with Crippen molar-refractivity contribution in [1.82, 2.24) is 4.98 Å². The molecule has 0 aromatic carbocycles. The number of halogens is 2. The van der Waals surface area contributed by atoms with E-state index in [1.165, 1.54) is 19.2 Å². The van der Waals surface area contributed by atoms with E-state index in [9.17, 15) is 15.0 Å². The van der Waals surface area contributed by atoms with Gasteiger partial charge in [0.1, 0.15) is 6.10 Å². The third kappa shape index (κ3) is 4.74. The Labute approximate surface area is 119 Å². The van der Waals surface area contributed by atoms with Gasteiger partial charge in [-0.05, 0) is 12.5 Å². The van der Waals surface area contributed by atoms with E-state index in [1.807, 2.05) is 0 Å². The summed E-state index contributed by atoms with van der Waals surface area (Å²) in [6.07, 6.45) is -0.597. The molecular formula is C11H13Cl2NO3S. The van der Waals surface area contributed by atoms with Crippen molar-refractivity contribution in [2.45, 2.75) is 25.6 Å². The smallest absolute Gasteiger partial charge is 0.185 e. The van der Waals surface area contributed by atoms with Crippen LogP contribution in [0.5, 0.6) is 0 Å². The van der Waals surface area contributed by atoms with Crippen molar-refractivity contribution in [2.75, 3.05) is 5.75 Å². The molecule has 1 aromatic rings. The van der Waals surface area contributed by atoms with E-state index in [4.69, 9.17) is 23.2 Å². The van der Waals surface area contributed by atoms with Gasteiger partial charge in [-0.15, -0.1) is 0 Å². The Balaban J connectivity index is 2.62. The monoisotopic (exact) mass is 309 g/mol. The predicted octanol–water partition coefficient (Wildman–Crippen LogP) is 2.45. The average Bonchev–Trinajstić information content (AvgIpc) is 2.27. The van der Waals surface area contributed by atoms with Gasteiger partial charge >= 0.3 is 0 Å². The standard InChI is InChI=1S/C11H13Cl2NO3S/c1-6(15)18-3-2-9(16)11(17)10-8(13)4-7(12)5-14-10/h4-5,9,11,16-17H,2-3H2,1H3. The zero-order valence-corrected chi connectivity index (χ0v) is 12.0.